The number of anilines is 1. The van der Waals surface area contributed by atoms with Crippen LogP contribution >= 0.6 is 0 Å². The maximum atomic E-state index is 12.7. The third-order valence-electron chi connectivity index (χ3n) is 4.91. The molecule has 0 radical (unpaired) electrons. The number of benzene rings is 2. The molecule has 2 aromatic carbocycles. The summed E-state index contributed by atoms with van der Waals surface area (Å²) in [4.78, 5) is 52.1. The largest absolute Gasteiger partial charge is 0.439 e. The van der Waals surface area contributed by atoms with Crippen molar-refractivity contribution in [3.8, 4) is 11.6 Å². The molecular weight excluding hydrogens is 454 g/mol. The van der Waals surface area contributed by atoms with Crippen LogP contribution in [0.3, 0.4) is 0 Å². The summed E-state index contributed by atoms with van der Waals surface area (Å²) in [6.07, 6.45) is 2.57. The molecule has 1 aliphatic heterocycles. The molecule has 11 nitrogen and oxygen atoms in total. The lowest BCUT2D eigenvalue weighted by Gasteiger charge is -2.12. The van der Waals surface area contributed by atoms with E-state index in [0.29, 0.717) is 17.0 Å². The van der Waals surface area contributed by atoms with Crippen molar-refractivity contribution < 1.29 is 24.0 Å². The number of carbonyl (C=O) groups excluding carboxylic acids is 3. The molecule has 35 heavy (non-hydrogen) atoms. The van der Waals surface area contributed by atoms with Crippen LogP contribution in [0.5, 0.6) is 11.6 Å². The molecule has 1 saturated heterocycles. The number of rotatable bonds is 7. The Balaban J connectivity index is 1.38. The number of hydrogen-bond acceptors (Lipinski definition) is 7. The van der Waals surface area contributed by atoms with Gasteiger partial charge in [-0.15, -0.1) is 0 Å². The highest BCUT2D eigenvalue weighted by molar-refractivity contribution is 6.15. The van der Waals surface area contributed by atoms with Crippen LogP contribution in [0.25, 0.3) is 6.08 Å². The highest BCUT2D eigenvalue weighted by atomic mass is 16.6. The Kier molecular flexibility index (Phi) is 6.49. The number of nitrogens with zero attached hydrogens (tertiary/aromatic N) is 3. The van der Waals surface area contributed by atoms with Crippen LogP contribution in [0.4, 0.5) is 16.2 Å². The van der Waals surface area contributed by atoms with E-state index < -0.39 is 29.3 Å². The Labute approximate surface area is 199 Å². The quantitative estimate of drug-likeness (QED) is 0.231. The fraction of sp³-hybridized carbons (Fsp3) is 0.0833. The fourth-order valence-corrected chi connectivity index (χ4v) is 3.24. The van der Waals surface area contributed by atoms with Gasteiger partial charge in [0.25, 0.3) is 11.6 Å². The van der Waals surface area contributed by atoms with E-state index in [2.05, 4.69) is 15.6 Å². The predicted molar refractivity (Wildman–Crippen MR) is 125 cm³/mol. The molecule has 1 aromatic heterocycles. The van der Waals surface area contributed by atoms with Crippen molar-refractivity contribution in [3.05, 3.63) is 93.8 Å². The SMILES string of the molecule is Cc1cccc(NC(=O)CN2C(=O)N/C(=C/c3ccc(Oc4ccc([N+](=O)[O-])cn4)cc3)C2=O)c1. The minimum Gasteiger partial charge on any atom is -0.439 e. The van der Waals surface area contributed by atoms with E-state index in [1.165, 1.54) is 18.2 Å². The molecule has 1 aliphatic rings. The molecule has 0 bridgehead atoms. The molecule has 0 unspecified atom stereocenters. The number of nitrogens with one attached hydrogen (secondary N) is 2. The summed E-state index contributed by atoms with van der Waals surface area (Å²) in [6.45, 7) is 1.46. The number of ether oxygens (including phenoxy) is 1. The first-order valence-corrected chi connectivity index (χ1v) is 10.4. The standard InChI is InChI=1S/C24H19N5O6/c1-15-3-2-4-17(11-15)26-21(30)14-28-23(31)20(27-24(28)32)12-16-5-8-19(9-6-16)35-22-10-7-18(13-25-22)29(33)34/h2-13H,14H2,1H3,(H,26,30)(H,27,32)/b20-12+. The zero-order valence-electron chi connectivity index (χ0n) is 18.4. The Hall–Kier alpha value is -5.06. The summed E-state index contributed by atoms with van der Waals surface area (Å²) in [5.41, 5.74) is 2.02. The lowest BCUT2D eigenvalue weighted by atomic mass is 10.2. The Morgan fingerprint density at radius 3 is 2.60 bits per heavy atom. The van der Waals surface area contributed by atoms with Crippen LogP contribution < -0.4 is 15.4 Å². The van der Waals surface area contributed by atoms with Crippen LogP contribution in [-0.4, -0.2) is 39.2 Å². The van der Waals surface area contributed by atoms with Gasteiger partial charge in [-0.2, -0.15) is 0 Å². The molecule has 4 rings (SSSR count). The van der Waals surface area contributed by atoms with Crippen molar-refractivity contribution in [1.29, 1.82) is 0 Å². The van der Waals surface area contributed by atoms with Gasteiger partial charge in [0.2, 0.25) is 11.8 Å². The third-order valence-corrected chi connectivity index (χ3v) is 4.91. The molecular formula is C24H19N5O6. The minimum atomic E-state index is -0.690. The van der Waals surface area contributed by atoms with Crippen LogP contribution in [0, 0.1) is 17.0 Å². The topological polar surface area (TPSA) is 144 Å². The maximum Gasteiger partial charge on any atom is 0.329 e. The minimum absolute atomic E-state index is 0.0315. The van der Waals surface area contributed by atoms with Crippen molar-refractivity contribution in [2.45, 2.75) is 6.92 Å². The Morgan fingerprint density at radius 2 is 1.94 bits per heavy atom. The van der Waals surface area contributed by atoms with Crippen LogP contribution in [-0.2, 0) is 9.59 Å². The Bertz CT molecular complexity index is 1340. The lowest BCUT2D eigenvalue weighted by molar-refractivity contribution is -0.385. The monoisotopic (exact) mass is 473 g/mol. The average molecular weight is 473 g/mol. The molecule has 0 aliphatic carbocycles. The Morgan fingerprint density at radius 1 is 1.17 bits per heavy atom. The van der Waals surface area contributed by atoms with Crippen molar-refractivity contribution in [2.75, 3.05) is 11.9 Å². The molecule has 4 amide bonds. The number of nitro groups is 1. The normalized spacial score (nSPS) is 14.1. The zero-order chi connectivity index (χ0) is 24.9. The summed E-state index contributed by atoms with van der Waals surface area (Å²) in [5, 5.41) is 15.8. The van der Waals surface area contributed by atoms with E-state index in [0.717, 1.165) is 16.7 Å². The summed E-state index contributed by atoms with van der Waals surface area (Å²) in [6, 6.07) is 15.7. The van der Waals surface area contributed by atoms with Gasteiger partial charge in [-0.25, -0.2) is 14.7 Å². The smallest absolute Gasteiger partial charge is 0.329 e. The zero-order valence-corrected chi connectivity index (χ0v) is 18.4. The molecule has 0 spiro atoms. The second-order valence-electron chi connectivity index (χ2n) is 7.58. The number of urea groups is 1. The van der Waals surface area contributed by atoms with Gasteiger partial charge in [0, 0.05) is 17.8 Å². The van der Waals surface area contributed by atoms with Crippen LogP contribution in [0.1, 0.15) is 11.1 Å². The first kappa shape index (κ1) is 23.1. The van der Waals surface area contributed by atoms with Gasteiger partial charge in [0.05, 0.1) is 4.92 Å². The van der Waals surface area contributed by atoms with Crippen molar-refractivity contribution in [1.82, 2.24) is 15.2 Å². The van der Waals surface area contributed by atoms with Gasteiger partial charge >= 0.3 is 6.03 Å². The van der Waals surface area contributed by atoms with Gasteiger partial charge in [-0.05, 0) is 48.4 Å². The molecule has 0 atom stereocenters. The van der Waals surface area contributed by atoms with E-state index in [1.54, 1.807) is 42.5 Å². The summed E-state index contributed by atoms with van der Waals surface area (Å²) in [7, 11) is 0. The first-order valence-electron chi connectivity index (χ1n) is 10.4. The molecule has 0 saturated carbocycles. The highest BCUT2D eigenvalue weighted by Gasteiger charge is 2.34. The van der Waals surface area contributed by atoms with Crippen molar-refractivity contribution in [3.63, 3.8) is 0 Å². The summed E-state index contributed by atoms with van der Waals surface area (Å²) >= 11 is 0. The fourth-order valence-electron chi connectivity index (χ4n) is 3.24. The van der Waals surface area contributed by atoms with Crippen LogP contribution in [0.2, 0.25) is 0 Å². The molecule has 3 aromatic rings. The van der Waals surface area contributed by atoms with Gasteiger partial charge in [0.15, 0.2) is 0 Å². The first-order chi connectivity index (χ1) is 16.8. The van der Waals surface area contributed by atoms with Gasteiger partial charge in [-0.1, -0.05) is 24.3 Å². The number of hydrogen-bond donors (Lipinski definition) is 2. The number of amides is 4. The molecule has 11 heteroatoms. The van der Waals surface area contributed by atoms with Gasteiger partial charge in [-0.3, -0.25) is 19.7 Å². The number of aryl methyl sites for hydroxylation is 1. The molecule has 2 N–H and O–H groups in total. The van der Waals surface area contributed by atoms with Crippen LogP contribution in [0.15, 0.2) is 72.6 Å². The number of aromatic nitrogens is 1. The second-order valence-corrected chi connectivity index (χ2v) is 7.58. The van der Waals surface area contributed by atoms with Crippen molar-refractivity contribution in [2.24, 2.45) is 0 Å². The maximum absolute atomic E-state index is 12.7. The number of carbonyl (C=O) groups is 3. The van der Waals surface area contributed by atoms with E-state index in [-0.39, 0.29) is 17.3 Å². The molecule has 2 heterocycles. The average Bonchev–Trinajstić information content (AvgIpc) is 3.08. The number of pyridine rings is 1. The third kappa shape index (κ3) is 5.66. The van der Waals surface area contributed by atoms with E-state index in [1.807, 2.05) is 13.0 Å². The second kappa shape index (κ2) is 9.83. The molecule has 1 fully saturated rings. The number of imide groups is 1. The van der Waals surface area contributed by atoms with Gasteiger partial charge in [0.1, 0.15) is 24.2 Å². The summed E-state index contributed by atoms with van der Waals surface area (Å²) < 4.78 is 5.55. The summed E-state index contributed by atoms with van der Waals surface area (Å²) in [5.74, 6) is -0.518. The lowest BCUT2D eigenvalue weighted by Crippen LogP contribution is -2.38. The van der Waals surface area contributed by atoms with Crippen molar-refractivity contribution >= 4 is 35.3 Å². The van der Waals surface area contributed by atoms with E-state index in [4.69, 9.17) is 4.74 Å². The van der Waals surface area contributed by atoms with Gasteiger partial charge < -0.3 is 15.4 Å². The highest BCUT2D eigenvalue weighted by Crippen LogP contribution is 2.23. The predicted octanol–water partition coefficient (Wildman–Crippen LogP) is 3.62. The van der Waals surface area contributed by atoms with E-state index in [9.17, 15) is 24.5 Å². The van der Waals surface area contributed by atoms with E-state index >= 15 is 0 Å². The molecule has 176 valence electrons.